The van der Waals surface area contributed by atoms with Gasteiger partial charge >= 0.3 is 0 Å². The molecule has 1 heterocycles. The first-order valence-electron chi connectivity index (χ1n) is 6.00. The van der Waals surface area contributed by atoms with Crippen LogP contribution in [0.25, 0.3) is 0 Å². The molecule has 3 rings (SSSR count). The van der Waals surface area contributed by atoms with Gasteiger partial charge in [0.25, 0.3) is 0 Å². The van der Waals surface area contributed by atoms with Crippen LogP contribution in [0.3, 0.4) is 0 Å². The molecule has 0 amide bonds. The Morgan fingerprint density at radius 3 is 2.45 bits per heavy atom. The molecule has 2 aromatic carbocycles. The summed E-state index contributed by atoms with van der Waals surface area (Å²) in [5.41, 5.74) is 2.08. The molecule has 0 spiro atoms. The lowest BCUT2D eigenvalue weighted by Gasteiger charge is -2.15. The summed E-state index contributed by atoms with van der Waals surface area (Å²) in [4.78, 5) is 0. The highest BCUT2D eigenvalue weighted by molar-refractivity contribution is 8.70. The van der Waals surface area contributed by atoms with E-state index in [1.165, 1.54) is 0 Å². The molecular weight excluding hydrogens is 311 g/mol. The highest BCUT2D eigenvalue weighted by atomic mass is 35.7. The molecule has 20 heavy (non-hydrogen) atoms. The molecule has 3 nitrogen and oxygen atoms in total. The number of hydrazone groups is 1. The first-order chi connectivity index (χ1) is 9.78. The average molecular weight is 323 g/mol. The van der Waals surface area contributed by atoms with Crippen LogP contribution in [0.15, 0.2) is 59.7 Å². The van der Waals surface area contributed by atoms with Gasteiger partial charge in [-0.2, -0.15) is 5.10 Å². The van der Waals surface area contributed by atoms with Crippen LogP contribution in [-0.4, -0.2) is 12.2 Å². The molecule has 6 heteroatoms. The highest BCUT2D eigenvalue weighted by Crippen LogP contribution is 2.64. The first-order valence-corrected chi connectivity index (χ1v) is 9.62. The third-order valence-electron chi connectivity index (χ3n) is 2.82. The Labute approximate surface area is 127 Å². The van der Waals surface area contributed by atoms with E-state index in [1.54, 1.807) is 18.5 Å². The average Bonchev–Trinajstić information content (AvgIpc) is 2.90. The summed E-state index contributed by atoms with van der Waals surface area (Å²) in [5, 5.41) is 5.58. The Bertz CT molecular complexity index is 621. The molecule has 1 aliphatic heterocycles. The molecule has 0 bridgehead atoms. The lowest BCUT2D eigenvalue weighted by atomic mass is 10.2. The van der Waals surface area contributed by atoms with Gasteiger partial charge in [0.1, 0.15) is 10.8 Å². The smallest absolute Gasteiger partial charge is 0.179 e. The quantitative estimate of drug-likeness (QED) is 0.737. The molecule has 2 aromatic rings. The van der Waals surface area contributed by atoms with E-state index >= 15 is 0 Å². The number of hydrogen-bond donors (Lipinski definition) is 0. The van der Waals surface area contributed by atoms with E-state index in [1.807, 2.05) is 59.4 Å². The van der Waals surface area contributed by atoms with Gasteiger partial charge in [0.15, 0.2) is 6.63 Å². The molecule has 0 radical (unpaired) electrons. The fraction of sp³-hybridized carbons (Fsp3) is 0.0714. The Morgan fingerprint density at radius 1 is 1.10 bits per heavy atom. The van der Waals surface area contributed by atoms with Crippen molar-refractivity contribution in [3.05, 3.63) is 60.2 Å². The van der Waals surface area contributed by atoms with E-state index < -0.39 is 6.63 Å². The largest absolute Gasteiger partial charge is 0.497 e. The van der Waals surface area contributed by atoms with Crippen molar-refractivity contribution in [3.63, 3.8) is 0 Å². The Morgan fingerprint density at radius 2 is 1.80 bits per heavy atom. The van der Waals surface area contributed by atoms with Crippen LogP contribution in [0.5, 0.6) is 5.75 Å². The number of benzene rings is 2. The molecule has 0 aromatic heterocycles. The van der Waals surface area contributed by atoms with Crippen LogP contribution in [-0.2, 0) is 0 Å². The topological polar surface area (TPSA) is 24.8 Å². The minimum absolute atomic E-state index is 0.838. The van der Waals surface area contributed by atoms with Crippen LogP contribution in [0.2, 0.25) is 0 Å². The summed E-state index contributed by atoms with van der Waals surface area (Å²) < 4.78 is 7.05. The van der Waals surface area contributed by atoms with Gasteiger partial charge in [-0.05, 0) is 47.8 Å². The van der Waals surface area contributed by atoms with Gasteiger partial charge in [-0.25, -0.2) is 4.78 Å². The molecule has 1 unspecified atom stereocenters. The number of anilines is 1. The summed E-state index contributed by atoms with van der Waals surface area (Å²) in [5.74, 6) is 0.838. The number of rotatable bonds is 3. The van der Waals surface area contributed by atoms with Crippen molar-refractivity contribution in [2.75, 3.05) is 11.9 Å². The molecule has 1 atom stereocenters. The fourth-order valence-electron chi connectivity index (χ4n) is 1.80. The van der Waals surface area contributed by atoms with Crippen molar-refractivity contribution in [3.8, 4) is 5.75 Å². The maximum Gasteiger partial charge on any atom is 0.179 e. The number of para-hydroxylation sites is 1. The van der Waals surface area contributed by atoms with Gasteiger partial charge in [-0.15, -0.1) is 0 Å². The summed E-state index contributed by atoms with van der Waals surface area (Å²) >= 11 is 8.03. The second-order valence-corrected chi connectivity index (χ2v) is 8.62. The molecule has 1 aliphatic rings. The van der Waals surface area contributed by atoms with Crippen molar-refractivity contribution in [2.45, 2.75) is 0 Å². The Kier molecular flexibility index (Phi) is 4.16. The second-order valence-electron chi connectivity index (χ2n) is 4.08. The second kappa shape index (κ2) is 6.04. The number of nitrogens with zero attached hydrogens (tertiary/aromatic N) is 2. The number of halogens is 1. The van der Waals surface area contributed by atoms with Crippen LogP contribution in [0.4, 0.5) is 5.69 Å². The molecule has 0 saturated heterocycles. The number of hydrogen-bond acceptors (Lipinski definition) is 4. The monoisotopic (exact) mass is 322 g/mol. The summed E-state index contributed by atoms with van der Waals surface area (Å²) in [6.45, 7) is -0.892. The Hall–Kier alpha value is -1.22. The maximum atomic E-state index is 6.43. The van der Waals surface area contributed by atoms with E-state index in [4.69, 9.17) is 16.0 Å². The van der Waals surface area contributed by atoms with Crippen molar-refractivity contribution in [1.29, 1.82) is 0 Å². The lowest BCUT2D eigenvalue weighted by molar-refractivity contribution is 0.415. The zero-order valence-corrected chi connectivity index (χ0v) is 13.2. The van der Waals surface area contributed by atoms with Gasteiger partial charge < -0.3 is 4.74 Å². The molecule has 0 fully saturated rings. The zero-order valence-electron chi connectivity index (χ0n) is 10.7. The van der Waals surface area contributed by atoms with Gasteiger partial charge in [0, 0.05) is 5.56 Å². The maximum absolute atomic E-state index is 6.43. The third kappa shape index (κ3) is 2.78. The standard InChI is InChI=1S/C14H12ClN2OPS/c1-18-13-9-7-11(8-10-13)14-16-17(19(15)20-14)12-5-3-2-4-6-12/h2-10H,1H3. The van der Waals surface area contributed by atoms with E-state index in [9.17, 15) is 0 Å². The van der Waals surface area contributed by atoms with Crippen LogP contribution >= 0.6 is 29.2 Å². The van der Waals surface area contributed by atoms with E-state index in [0.29, 0.717) is 0 Å². The van der Waals surface area contributed by atoms with Gasteiger partial charge in [0.2, 0.25) is 0 Å². The van der Waals surface area contributed by atoms with Gasteiger partial charge in [-0.3, -0.25) is 0 Å². The molecule has 0 N–H and O–H groups in total. The predicted molar refractivity (Wildman–Crippen MR) is 88.8 cm³/mol. The van der Waals surface area contributed by atoms with Crippen molar-refractivity contribution in [2.24, 2.45) is 5.10 Å². The minimum Gasteiger partial charge on any atom is -0.497 e. The Balaban J connectivity index is 1.87. The number of ether oxygens (including phenoxy) is 1. The fourth-order valence-corrected chi connectivity index (χ4v) is 5.35. The summed E-state index contributed by atoms with van der Waals surface area (Å²) in [6, 6.07) is 17.8. The van der Waals surface area contributed by atoms with E-state index in [0.717, 1.165) is 22.0 Å². The molecule has 0 aliphatic carbocycles. The van der Waals surface area contributed by atoms with Crippen molar-refractivity contribution < 1.29 is 4.74 Å². The first kappa shape index (κ1) is 13.7. The predicted octanol–water partition coefficient (Wildman–Crippen LogP) is 5.08. The molecule has 102 valence electrons. The minimum atomic E-state index is -0.892. The van der Waals surface area contributed by atoms with Crippen LogP contribution < -0.4 is 9.52 Å². The normalized spacial score (nSPS) is 18.0. The van der Waals surface area contributed by atoms with Gasteiger partial charge in [0.05, 0.1) is 12.8 Å². The SMILES string of the molecule is COc1ccc(C2=NN(c3ccccc3)P(Cl)S2)cc1. The van der Waals surface area contributed by atoms with Crippen LogP contribution in [0.1, 0.15) is 5.56 Å². The van der Waals surface area contributed by atoms with Crippen molar-refractivity contribution in [1.82, 2.24) is 0 Å². The molecular formula is C14H12ClN2OPS. The summed E-state index contributed by atoms with van der Waals surface area (Å²) in [6.07, 6.45) is 0. The summed E-state index contributed by atoms with van der Waals surface area (Å²) in [7, 11) is 1.66. The van der Waals surface area contributed by atoms with Crippen LogP contribution in [0, 0.1) is 0 Å². The van der Waals surface area contributed by atoms with Crippen molar-refractivity contribution >= 4 is 40.0 Å². The van der Waals surface area contributed by atoms with Gasteiger partial charge in [-0.1, -0.05) is 29.4 Å². The van der Waals surface area contributed by atoms with E-state index in [-0.39, 0.29) is 0 Å². The molecule has 0 saturated carbocycles. The lowest BCUT2D eigenvalue weighted by Crippen LogP contribution is -2.01. The third-order valence-corrected chi connectivity index (χ3v) is 6.57. The zero-order chi connectivity index (χ0) is 13.9. The highest BCUT2D eigenvalue weighted by Gasteiger charge is 2.28. The van der Waals surface area contributed by atoms with E-state index in [2.05, 4.69) is 5.10 Å². The number of methoxy groups -OCH3 is 1.